The summed E-state index contributed by atoms with van der Waals surface area (Å²) in [5.41, 5.74) is 1.05. The molecule has 33 heavy (non-hydrogen) atoms. The third-order valence-electron chi connectivity index (χ3n) is 5.46. The molecule has 12 heteroatoms. The summed E-state index contributed by atoms with van der Waals surface area (Å²) in [7, 11) is -3.47. The Morgan fingerprint density at radius 3 is 2.42 bits per heavy atom. The minimum atomic E-state index is -5.08. The third kappa shape index (κ3) is 6.97. The molecule has 1 aromatic heterocycles. The first-order valence-electron chi connectivity index (χ1n) is 10.1. The summed E-state index contributed by atoms with van der Waals surface area (Å²) < 4.78 is 65.3. The number of hydrogen-bond acceptors (Lipinski definition) is 6. The van der Waals surface area contributed by atoms with Crippen molar-refractivity contribution in [3.05, 3.63) is 60.4 Å². The monoisotopic (exact) mass is 487 g/mol. The Balaban J connectivity index is 0.000000383. The van der Waals surface area contributed by atoms with Crippen LogP contribution in [0.4, 0.5) is 13.2 Å². The van der Waals surface area contributed by atoms with Crippen LogP contribution in [0.2, 0.25) is 0 Å². The number of hydrogen-bond donors (Lipinski definition) is 2. The zero-order valence-corrected chi connectivity index (χ0v) is 18.3. The van der Waals surface area contributed by atoms with Crippen LogP contribution in [0.3, 0.4) is 0 Å². The van der Waals surface area contributed by atoms with Crippen LogP contribution in [0.15, 0.2) is 59.6 Å². The number of rotatable bonds is 6. The highest BCUT2D eigenvalue weighted by atomic mass is 32.2. The maximum atomic E-state index is 12.4. The van der Waals surface area contributed by atoms with Crippen LogP contribution in [0.5, 0.6) is 0 Å². The molecule has 1 aromatic carbocycles. The Morgan fingerprint density at radius 1 is 1.15 bits per heavy atom. The van der Waals surface area contributed by atoms with Crippen molar-refractivity contribution in [2.45, 2.75) is 23.7 Å². The van der Waals surface area contributed by atoms with Gasteiger partial charge in [-0.15, -0.1) is 0 Å². The van der Waals surface area contributed by atoms with Crippen LogP contribution in [0.25, 0.3) is 0 Å². The van der Waals surface area contributed by atoms with Gasteiger partial charge in [0.1, 0.15) is 0 Å². The van der Waals surface area contributed by atoms with Crippen molar-refractivity contribution in [3.63, 3.8) is 0 Å². The van der Waals surface area contributed by atoms with Crippen molar-refractivity contribution >= 4 is 16.0 Å². The Morgan fingerprint density at radius 2 is 1.82 bits per heavy atom. The predicted molar refractivity (Wildman–Crippen MR) is 112 cm³/mol. The standard InChI is InChI=1S/C19H23N3O3S.C2HF3O2/c23-26(24,17-7-2-1-3-8-17)21-10-15-14-25-19-13-22(12-18(15)19)11-16-6-4-5-9-20-16;3-2(4,5)1(6)7/h1-9,15,18-19,21H,10-14H2;(H,6,7)/t15-,18-,19-;/m1./s1. The lowest BCUT2D eigenvalue weighted by molar-refractivity contribution is -0.192. The molecule has 0 unspecified atom stereocenters. The number of carboxylic acids is 1. The number of aromatic nitrogens is 1. The van der Waals surface area contributed by atoms with E-state index in [1.807, 2.05) is 30.5 Å². The molecule has 3 atom stereocenters. The van der Waals surface area contributed by atoms with Crippen LogP contribution in [0, 0.1) is 11.8 Å². The lowest BCUT2D eigenvalue weighted by atomic mass is 9.93. The van der Waals surface area contributed by atoms with E-state index >= 15 is 0 Å². The van der Waals surface area contributed by atoms with Gasteiger partial charge in [0.2, 0.25) is 10.0 Å². The van der Waals surface area contributed by atoms with Gasteiger partial charge in [0.15, 0.2) is 0 Å². The zero-order valence-electron chi connectivity index (χ0n) is 17.5. The third-order valence-corrected chi connectivity index (χ3v) is 6.90. The van der Waals surface area contributed by atoms with Gasteiger partial charge >= 0.3 is 12.1 Å². The second-order valence-electron chi connectivity index (χ2n) is 7.78. The summed E-state index contributed by atoms with van der Waals surface area (Å²) in [6.07, 6.45) is -3.09. The fourth-order valence-electron chi connectivity index (χ4n) is 3.84. The Hall–Kier alpha value is -2.54. The minimum Gasteiger partial charge on any atom is -0.475 e. The molecular weight excluding hydrogens is 463 g/mol. The van der Waals surface area contributed by atoms with Gasteiger partial charge in [-0.3, -0.25) is 9.88 Å². The fourth-order valence-corrected chi connectivity index (χ4v) is 4.96. The Bertz CT molecular complexity index is 1020. The highest BCUT2D eigenvalue weighted by Gasteiger charge is 2.44. The number of alkyl halides is 3. The number of ether oxygens (including phenoxy) is 1. The Labute approximate surface area is 189 Å². The number of halogens is 3. The molecule has 3 heterocycles. The maximum Gasteiger partial charge on any atom is 0.490 e. The first-order valence-corrected chi connectivity index (χ1v) is 11.6. The van der Waals surface area contributed by atoms with Crippen molar-refractivity contribution in [1.29, 1.82) is 0 Å². The average Bonchev–Trinajstić information content (AvgIpc) is 3.34. The van der Waals surface area contributed by atoms with Crippen LogP contribution in [-0.2, 0) is 26.1 Å². The number of benzene rings is 1. The highest BCUT2D eigenvalue weighted by Crippen LogP contribution is 2.34. The van der Waals surface area contributed by atoms with Crippen LogP contribution in [-0.4, -0.2) is 67.9 Å². The number of nitrogens with one attached hydrogen (secondary N) is 1. The number of carbonyl (C=O) groups is 1. The minimum absolute atomic E-state index is 0.185. The molecule has 2 aliphatic heterocycles. The van der Waals surface area contributed by atoms with E-state index in [0.717, 1.165) is 25.3 Å². The molecule has 0 radical (unpaired) electrons. The highest BCUT2D eigenvalue weighted by molar-refractivity contribution is 7.89. The van der Waals surface area contributed by atoms with Gasteiger partial charge in [-0.2, -0.15) is 13.2 Å². The number of carboxylic acid groups (broad SMARTS) is 1. The van der Waals surface area contributed by atoms with Gasteiger partial charge in [-0.1, -0.05) is 24.3 Å². The van der Waals surface area contributed by atoms with Crippen LogP contribution in [0.1, 0.15) is 5.69 Å². The Kier molecular flexibility index (Phi) is 8.05. The van der Waals surface area contributed by atoms with Gasteiger partial charge in [0.25, 0.3) is 0 Å². The smallest absolute Gasteiger partial charge is 0.475 e. The molecule has 0 amide bonds. The van der Waals surface area contributed by atoms with E-state index < -0.39 is 22.2 Å². The normalized spacial score (nSPS) is 22.9. The van der Waals surface area contributed by atoms with Gasteiger partial charge in [0, 0.05) is 44.2 Å². The van der Waals surface area contributed by atoms with E-state index in [2.05, 4.69) is 14.6 Å². The number of fused-ring (bicyclic) bond motifs is 1. The van der Waals surface area contributed by atoms with Crippen LogP contribution < -0.4 is 4.72 Å². The molecule has 180 valence electrons. The maximum absolute atomic E-state index is 12.4. The van der Waals surface area contributed by atoms with Crippen LogP contribution >= 0.6 is 0 Å². The molecule has 2 saturated heterocycles. The SMILES string of the molecule is O=C(O)C(F)(F)F.O=S(=O)(NC[C@@H]1CO[C@@H]2CN(Cc3ccccn3)C[C@H]12)c1ccccc1. The number of likely N-dealkylation sites (tertiary alicyclic amines) is 1. The van der Waals surface area contributed by atoms with Crippen molar-refractivity contribution in [2.75, 3.05) is 26.2 Å². The molecule has 8 nitrogen and oxygen atoms in total. The van der Waals surface area contributed by atoms with Gasteiger partial charge in [-0.05, 0) is 24.3 Å². The number of aliphatic carboxylic acids is 1. The fraction of sp³-hybridized carbons (Fsp3) is 0.429. The molecule has 4 rings (SSSR count). The number of sulfonamides is 1. The lowest BCUT2D eigenvalue weighted by Gasteiger charge is -2.19. The van der Waals surface area contributed by atoms with Crippen molar-refractivity contribution in [3.8, 4) is 0 Å². The molecule has 0 spiro atoms. The van der Waals surface area contributed by atoms with Gasteiger partial charge in [-0.25, -0.2) is 17.9 Å². The van der Waals surface area contributed by atoms with Gasteiger partial charge < -0.3 is 9.84 Å². The molecule has 0 bridgehead atoms. The summed E-state index contributed by atoms with van der Waals surface area (Å²) in [6, 6.07) is 14.4. The summed E-state index contributed by atoms with van der Waals surface area (Å²) in [5.74, 6) is -2.20. The van der Waals surface area contributed by atoms with E-state index in [0.29, 0.717) is 24.0 Å². The van der Waals surface area contributed by atoms with Crippen molar-refractivity contribution in [1.82, 2.24) is 14.6 Å². The molecule has 0 aliphatic carbocycles. The van der Waals surface area contributed by atoms with E-state index in [1.54, 1.807) is 24.3 Å². The predicted octanol–water partition coefficient (Wildman–Crippen LogP) is 2.14. The van der Waals surface area contributed by atoms with E-state index in [9.17, 15) is 21.6 Å². The number of nitrogens with zero attached hydrogens (tertiary/aromatic N) is 2. The summed E-state index contributed by atoms with van der Waals surface area (Å²) in [6.45, 7) is 3.63. The van der Waals surface area contributed by atoms with E-state index in [4.69, 9.17) is 14.6 Å². The van der Waals surface area contributed by atoms with Crippen molar-refractivity contribution < 1.29 is 36.2 Å². The van der Waals surface area contributed by atoms with E-state index in [1.165, 1.54) is 0 Å². The number of pyridine rings is 1. The van der Waals surface area contributed by atoms with Gasteiger partial charge in [0.05, 0.1) is 23.3 Å². The second kappa shape index (κ2) is 10.6. The quantitative estimate of drug-likeness (QED) is 0.643. The average molecular weight is 488 g/mol. The molecule has 2 aromatic rings. The molecular formula is C21H24F3N3O5S. The summed E-state index contributed by atoms with van der Waals surface area (Å²) in [4.78, 5) is 15.9. The summed E-state index contributed by atoms with van der Waals surface area (Å²) >= 11 is 0. The topological polar surface area (TPSA) is 109 Å². The molecule has 2 aliphatic rings. The molecule has 0 saturated carbocycles. The van der Waals surface area contributed by atoms with Crippen molar-refractivity contribution in [2.24, 2.45) is 11.8 Å². The molecule has 2 fully saturated rings. The van der Waals surface area contributed by atoms with E-state index in [-0.39, 0.29) is 12.0 Å². The first-order chi connectivity index (χ1) is 15.6. The summed E-state index contributed by atoms with van der Waals surface area (Å²) in [5, 5.41) is 7.12. The molecule has 2 N–H and O–H groups in total. The largest absolute Gasteiger partial charge is 0.490 e. The lowest BCUT2D eigenvalue weighted by Crippen LogP contribution is -2.34. The second-order valence-corrected chi connectivity index (χ2v) is 9.55. The first kappa shape index (κ1) is 25.1. The zero-order chi connectivity index (χ0) is 24.1.